The molecule has 90 valence electrons. The SMILES string of the molecule is Cn1cnc(C(O)c2ccnc3ccccc23)c1. The fraction of sp³-hybridized carbons (Fsp3) is 0.143. The van der Waals surface area contributed by atoms with Gasteiger partial charge in [-0.2, -0.15) is 0 Å². The van der Waals surface area contributed by atoms with E-state index in [2.05, 4.69) is 9.97 Å². The molecule has 2 heterocycles. The Balaban J connectivity index is 2.14. The zero-order chi connectivity index (χ0) is 12.5. The van der Waals surface area contributed by atoms with Crippen molar-refractivity contribution in [3.8, 4) is 0 Å². The summed E-state index contributed by atoms with van der Waals surface area (Å²) < 4.78 is 1.82. The molecule has 0 saturated carbocycles. The maximum absolute atomic E-state index is 10.4. The minimum absolute atomic E-state index is 0.647. The van der Waals surface area contributed by atoms with E-state index in [1.165, 1.54) is 0 Å². The highest BCUT2D eigenvalue weighted by atomic mass is 16.3. The molecule has 1 atom stereocenters. The first kappa shape index (κ1) is 10.9. The smallest absolute Gasteiger partial charge is 0.123 e. The van der Waals surface area contributed by atoms with Crippen LogP contribution in [-0.4, -0.2) is 19.6 Å². The van der Waals surface area contributed by atoms with Crippen molar-refractivity contribution in [2.24, 2.45) is 7.05 Å². The van der Waals surface area contributed by atoms with Crippen molar-refractivity contribution in [2.75, 3.05) is 0 Å². The van der Waals surface area contributed by atoms with Crippen LogP contribution >= 0.6 is 0 Å². The van der Waals surface area contributed by atoms with Gasteiger partial charge in [-0.15, -0.1) is 0 Å². The van der Waals surface area contributed by atoms with Crippen molar-refractivity contribution in [1.82, 2.24) is 14.5 Å². The van der Waals surface area contributed by atoms with E-state index in [-0.39, 0.29) is 0 Å². The Labute approximate surface area is 105 Å². The average Bonchev–Trinajstić information content (AvgIpc) is 2.84. The first-order valence-electron chi connectivity index (χ1n) is 5.75. The van der Waals surface area contributed by atoms with Crippen molar-refractivity contribution in [2.45, 2.75) is 6.10 Å². The van der Waals surface area contributed by atoms with Crippen molar-refractivity contribution in [3.63, 3.8) is 0 Å². The minimum atomic E-state index is -0.723. The van der Waals surface area contributed by atoms with E-state index in [1.807, 2.05) is 48.1 Å². The second kappa shape index (κ2) is 4.23. The Kier molecular flexibility index (Phi) is 2.57. The third kappa shape index (κ3) is 1.76. The summed E-state index contributed by atoms with van der Waals surface area (Å²) in [5, 5.41) is 11.4. The minimum Gasteiger partial charge on any atom is -0.382 e. The molecular weight excluding hydrogens is 226 g/mol. The van der Waals surface area contributed by atoms with E-state index < -0.39 is 6.10 Å². The monoisotopic (exact) mass is 239 g/mol. The van der Waals surface area contributed by atoms with Crippen molar-refractivity contribution < 1.29 is 5.11 Å². The topological polar surface area (TPSA) is 50.9 Å². The highest BCUT2D eigenvalue weighted by Gasteiger charge is 2.15. The summed E-state index contributed by atoms with van der Waals surface area (Å²) in [4.78, 5) is 8.48. The number of aromatic nitrogens is 3. The molecule has 0 amide bonds. The molecule has 4 heteroatoms. The van der Waals surface area contributed by atoms with Crippen LogP contribution < -0.4 is 0 Å². The van der Waals surface area contributed by atoms with E-state index in [0.29, 0.717) is 5.69 Å². The van der Waals surface area contributed by atoms with Gasteiger partial charge in [0.2, 0.25) is 0 Å². The summed E-state index contributed by atoms with van der Waals surface area (Å²) in [6.07, 6.45) is 4.49. The maximum Gasteiger partial charge on any atom is 0.123 e. The van der Waals surface area contributed by atoms with Crippen molar-refractivity contribution in [1.29, 1.82) is 0 Å². The fourth-order valence-corrected chi connectivity index (χ4v) is 2.09. The molecule has 3 aromatic rings. The Morgan fingerprint density at radius 3 is 2.78 bits per heavy atom. The molecule has 3 rings (SSSR count). The van der Waals surface area contributed by atoms with Crippen LogP contribution in [0.4, 0.5) is 0 Å². The maximum atomic E-state index is 10.4. The third-order valence-corrected chi connectivity index (χ3v) is 2.98. The molecule has 4 nitrogen and oxygen atoms in total. The van der Waals surface area contributed by atoms with E-state index in [1.54, 1.807) is 12.5 Å². The van der Waals surface area contributed by atoms with Crippen LogP contribution in [0.15, 0.2) is 49.1 Å². The number of para-hydroxylation sites is 1. The first-order valence-corrected chi connectivity index (χ1v) is 5.75. The molecule has 0 aliphatic heterocycles. The summed E-state index contributed by atoms with van der Waals surface area (Å²) in [5.41, 5.74) is 2.36. The Bertz CT molecular complexity index is 685. The number of nitrogens with zero attached hydrogens (tertiary/aromatic N) is 3. The van der Waals surface area contributed by atoms with E-state index in [4.69, 9.17) is 0 Å². The molecule has 0 fully saturated rings. The number of benzene rings is 1. The molecule has 1 aromatic carbocycles. The number of pyridine rings is 1. The number of imidazole rings is 1. The molecule has 1 unspecified atom stereocenters. The molecule has 0 bridgehead atoms. The first-order chi connectivity index (χ1) is 8.75. The second-order valence-corrected chi connectivity index (χ2v) is 4.28. The van der Waals surface area contributed by atoms with E-state index >= 15 is 0 Å². The van der Waals surface area contributed by atoms with E-state index in [9.17, 15) is 5.11 Å². The molecule has 0 saturated heterocycles. The summed E-state index contributed by atoms with van der Waals surface area (Å²) in [6.45, 7) is 0. The lowest BCUT2D eigenvalue weighted by atomic mass is 10.0. The number of hydrogen-bond acceptors (Lipinski definition) is 3. The summed E-state index contributed by atoms with van der Waals surface area (Å²) in [6, 6.07) is 9.61. The highest BCUT2D eigenvalue weighted by Crippen LogP contribution is 2.26. The van der Waals surface area contributed by atoms with Crippen LogP contribution in [0.2, 0.25) is 0 Å². The molecule has 18 heavy (non-hydrogen) atoms. The summed E-state index contributed by atoms with van der Waals surface area (Å²) in [7, 11) is 1.88. The van der Waals surface area contributed by atoms with Gasteiger partial charge in [0.25, 0.3) is 0 Å². The van der Waals surface area contributed by atoms with Gasteiger partial charge in [-0.1, -0.05) is 18.2 Å². The molecular formula is C14H13N3O. The zero-order valence-corrected chi connectivity index (χ0v) is 9.99. The number of hydrogen-bond donors (Lipinski definition) is 1. The van der Waals surface area contributed by atoms with Crippen LogP contribution in [0.3, 0.4) is 0 Å². The third-order valence-electron chi connectivity index (χ3n) is 2.98. The van der Waals surface area contributed by atoms with Crippen LogP contribution in [-0.2, 0) is 7.05 Å². The molecule has 0 radical (unpaired) electrons. The molecule has 2 aromatic heterocycles. The quantitative estimate of drug-likeness (QED) is 0.744. The number of aliphatic hydroxyl groups is 1. The van der Waals surface area contributed by atoms with Gasteiger partial charge >= 0.3 is 0 Å². The Morgan fingerprint density at radius 2 is 2.00 bits per heavy atom. The largest absolute Gasteiger partial charge is 0.382 e. The van der Waals surface area contributed by atoms with Crippen LogP contribution in [0.25, 0.3) is 10.9 Å². The van der Waals surface area contributed by atoms with Crippen molar-refractivity contribution in [3.05, 3.63) is 60.3 Å². The van der Waals surface area contributed by atoms with Crippen molar-refractivity contribution >= 4 is 10.9 Å². The number of rotatable bonds is 2. The van der Waals surface area contributed by atoms with Crippen LogP contribution in [0.1, 0.15) is 17.4 Å². The Hall–Kier alpha value is -2.20. The van der Waals surface area contributed by atoms with Gasteiger partial charge in [-0.25, -0.2) is 4.98 Å². The summed E-state index contributed by atoms with van der Waals surface area (Å²) >= 11 is 0. The number of aryl methyl sites for hydroxylation is 1. The molecule has 0 spiro atoms. The van der Waals surface area contributed by atoms with Gasteiger partial charge in [0.05, 0.1) is 17.5 Å². The lowest BCUT2D eigenvalue weighted by Gasteiger charge is -2.11. The van der Waals surface area contributed by atoms with Crippen LogP contribution in [0, 0.1) is 0 Å². The Morgan fingerprint density at radius 1 is 1.17 bits per heavy atom. The average molecular weight is 239 g/mol. The lowest BCUT2D eigenvalue weighted by molar-refractivity contribution is 0.217. The highest BCUT2D eigenvalue weighted by molar-refractivity contribution is 5.82. The second-order valence-electron chi connectivity index (χ2n) is 4.28. The van der Waals surface area contributed by atoms with Gasteiger partial charge in [-0.05, 0) is 17.7 Å². The van der Waals surface area contributed by atoms with Gasteiger partial charge in [-0.3, -0.25) is 4.98 Å². The fourth-order valence-electron chi connectivity index (χ4n) is 2.09. The summed E-state index contributed by atoms with van der Waals surface area (Å²) in [5.74, 6) is 0. The van der Waals surface area contributed by atoms with Gasteiger partial charge < -0.3 is 9.67 Å². The zero-order valence-electron chi connectivity index (χ0n) is 9.99. The lowest BCUT2D eigenvalue weighted by Crippen LogP contribution is -2.01. The van der Waals surface area contributed by atoms with Gasteiger partial charge in [0.15, 0.2) is 0 Å². The molecule has 1 N–H and O–H groups in total. The normalized spacial score (nSPS) is 12.8. The molecule has 0 aliphatic rings. The van der Waals surface area contributed by atoms with E-state index in [0.717, 1.165) is 16.5 Å². The predicted molar refractivity (Wildman–Crippen MR) is 69.0 cm³/mol. The number of aliphatic hydroxyl groups excluding tert-OH is 1. The van der Waals surface area contributed by atoms with Gasteiger partial charge in [0, 0.05) is 24.8 Å². The number of fused-ring (bicyclic) bond motifs is 1. The molecule has 0 aliphatic carbocycles. The predicted octanol–water partition coefficient (Wildman–Crippen LogP) is 2.05. The van der Waals surface area contributed by atoms with Gasteiger partial charge in [0.1, 0.15) is 6.10 Å². The van der Waals surface area contributed by atoms with Crippen LogP contribution in [0.5, 0.6) is 0 Å². The standard InChI is InChI=1S/C14H13N3O/c1-17-8-13(16-9-17)14(18)11-6-7-15-12-5-3-2-4-10(11)12/h2-9,14,18H,1H3.